The maximum atomic E-state index is 13.1. The minimum atomic E-state index is -0.462. The van der Waals surface area contributed by atoms with Gasteiger partial charge in [-0.2, -0.15) is 0 Å². The van der Waals surface area contributed by atoms with Gasteiger partial charge in [-0.3, -0.25) is 9.59 Å². The molecule has 0 unspecified atom stereocenters. The maximum absolute atomic E-state index is 13.1. The van der Waals surface area contributed by atoms with Gasteiger partial charge in [0.05, 0.1) is 29.6 Å². The van der Waals surface area contributed by atoms with E-state index in [9.17, 15) is 14.4 Å². The van der Waals surface area contributed by atoms with Gasteiger partial charge in [0.2, 0.25) is 5.91 Å². The first-order valence-electron chi connectivity index (χ1n) is 11.6. The van der Waals surface area contributed by atoms with Gasteiger partial charge in [0.15, 0.2) is 0 Å². The van der Waals surface area contributed by atoms with Crippen LogP contribution in [0.3, 0.4) is 0 Å². The van der Waals surface area contributed by atoms with Gasteiger partial charge in [0.1, 0.15) is 0 Å². The summed E-state index contributed by atoms with van der Waals surface area (Å²) >= 11 is 0. The summed E-state index contributed by atoms with van der Waals surface area (Å²) in [6, 6.07) is 22.6. The molecule has 4 N–H and O–H groups in total. The second-order valence-corrected chi connectivity index (χ2v) is 8.30. The Bertz CT molecular complexity index is 1300. The van der Waals surface area contributed by atoms with Crippen molar-refractivity contribution in [1.82, 2.24) is 10.6 Å². The summed E-state index contributed by atoms with van der Waals surface area (Å²) in [4.78, 5) is 36.0. The molecule has 0 saturated heterocycles. The van der Waals surface area contributed by atoms with E-state index in [1.54, 1.807) is 18.2 Å². The first-order valence-corrected chi connectivity index (χ1v) is 11.6. The molecule has 0 saturated carbocycles. The average Bonchev–Trinajstić information content (AvgIpc) is 3.22. The van der Waals surface area contributed by atoms with E-state index < -0.39 is 5.97 Å². The average molecular weight is 485 g/mol. The van der Waals surface area contributed by atoms with Crippen LogP contribution < -0.4 is 21.3 Å². The molecule has 0 aromatic heterocycles. The van der Waals surface area contributed by atoms with Crippen LogP contribution in [0.25, 0.3) is 11.3 Å². The van der Waals surface area contributed by atoms with E-state index in [1.165, 1.54) is 14.0 Å². The molecule has 4 rings (SSSR count). The van der Waals surface area contributed by atoms with Crippen molar-refractivity contribution in [2.75, 3.05) is 30.8 Å². The van der Waals surface area contributed by atoms with Crippen molar-refractivity contribution < 1.29 is 19.1 Å². The number of benzene rings is 3. The summed E-state index contributed by atoms with van der Waals surface area (Å²) in [6.45, 7) is 3.42. The van der Waals surface area contributed by atoms with Crippen LogP contribution in [0.15, 0.2) is 72.8 Å². The standard InChI is InChI=1S/C28H28N4O4/c1-18(33)30-15-14-29-17-19-8-11-22(12-9-19)31-26(20-6-4-3-5-7-20)25-23-13-10-21(28(35)36-2)16-24(23)32-27(25)34/h3-13,16,29,31H,14-15,17H2,1-2H3,(H,30,33)(H,32,34)/b26-25-. The highest BCUT2D eigenvalue weighted by Crippen LogP contribution is 2.38. The quantitative estimate of drug-likeness (QED) is 0.210. The summed E-state index contributed by atoms with van der Waals surface area (Å²) in [7, 11) is 1.32. The number of amides is 2. The molecule has 0 atom stereocenters. The van der Waals surface area contributed by atoms with Gasteiger partial charge in [-0.15, -0.1) is 0 Å². The molecule has 2 amide bonds. The number of fused-ring (bicyclic) bond motifs is 1. The zero-order valence-corrected chi connectivity index (χ0v) is 20.2. The lowest BCUT2D eigenvalue weighted by atomic mass is 9.99. The molecule has 1 aliphatic rings. The molecular weight excluding hydrogens is 456 g/mol. The van der Waals surface area contributed by atoms with Crippen molar-refractivity contribution in [2.45, 2.75) is 13.5 Å². The van der Waals surface area contributed by atoms with Gasteiger partial charge >= 0.3 is 5.97 Å². The van der Waals surface area contributed by atoms with Gasteiger partial charge in [0, 0.05) is 37.8 Å². The Morgan fingerprint density at radius 2 is 1.67 bits per heavy atom. The van der Waals surface area contributed by atoms with E-state index in [0.717, 1.165) is 16.8 Å². The highest BCUT2D eigenvalue weighted by Gasteiger charge is 2.29. The first kappa shape index (κ1) is 24.7. The zero-order chi connectivity index (χ0) is 25.5. The fourth-order valence-electron chi connectivity index (χ4n) is 3.96. The van der Waals surface area contributed by atoms with E-state index in [2.05, 4.69) is 21.3 Å². The molecule has 1 heterocycles. The Morgan fingerprint density at radius 3 is 2.36 bits per heavy atom. The molecule has 1 aliphatic heterocycles. The van der Waals surface area contributed by atoms with Crippen molar-refractivity contribution in [3.05, 3.63) is 95.1 Å². The van der Waals surface area contributed by atoms with E-state index in [1.807, 2.05) is 54.6 Å². The molecular formula is C28H28N4O4. The third-order valence-electron chi connectivity index (χ3n) is 5.73. The SMILES string of the molecule is COC(=O)c1ccc2c(c1)NC(=O)/C2=C(\Nc1ccc(CNCCNC(C)=O)cc1)c1ccccc1. The number of nitrogens with one attached hydrogen (secondary N) is 4. The molecule has 0 spiro atoms. The number of methoxy groups -OCH3 is 1. The van der Waals surface area contributed by atoms with Crippen molar-refractivity contribution in [3.8, 4) is 0 Å². The molecule has 184 valence electrons. The van der Waals surface area contributed by atoms with E-state index in [4.69, 9.17) is 4.74 Å². The van der Waals surface area contributed by atoms with Crippen molar-refractivity contribution in [2.24, 2.45) is 0 Å². The van der Waals surface area contributed by atoms with Gasteiger partial charge < -0.3 is 26.0 Å². The molecule has 0 radical (unpaired) electrons. The van der Waals surface area contributed by atoms with Crippen molar-refractivity contribution in [1.29, 1.82) is 0 Å². The summed E-state index contributed by atoms with van der Waals surface area (Å²) in [6.07, 6.45) is 0. The molecule has 0 aliphatic carbocycles. The minimum Gasteiger partial charge on any atom is -0.465 e. The smallest absolute Gasteiger partial charge is 0.337 e. The highest BCUT2D eigenvalue weighted by atomic mass is 16.5. The maximum Gasteiger partial charge on any atom is 0.337 e. The molecule has 0 bridgehead atoms. The number of carbonyl (C=O) groups is 3. The predicted octanol–water partition coefficient (Wildman–Crippen LogP) is 3.63. The topological polar surface area (TPSA) is 109 Å². The van der Waals surface area contributed by atoms with Crippen LogP contribution in [-0.4, -0.2) is 38.0 Å². The predicted molar refractivity (Wildman–Crippen MR) is 140 cm³/mol. The number of rotatable bonds is 9. The van der Waals surface area contributed by atoms with Crippen LogP contribution in [0.1, 0.15) is 34.0 Å². The van der Waals surface area contributed by atoms with Crippen LogP contribution >= 0.6 is 0 Å². The van der Waals surface area contributed by atoms with Crippen LogP contribution in [0.5, 0.6) is 0 Å². The number of carbonyl (C=O) groups excluding carboxylic acids is 3. The zero-order valence-electron chi connectivity index (χ0n) is 20.2. The largest absolute Gasteiger partial charge is 0.465 e. The number of ether oxygens (including phenoxy) is 1. The number of anilines is 2. The Balaban J connectivity index is 1.59. The van der Waals surface area contributed by atoms with Gasteiger partial charge in [-0.1, -0.05) is 48.5 Å². The number of hydrogen-bond donors (Lipinski definition) is 4. The van der Waals surface area contributed by atoms with E-state index >= 15 is 0 Å². The fourth-order valence-corrected chi connectivity index (χ4v) is 3.96. The van der Waals surface area contributed by atoms with Crippen LogP contribution in [0, 0.1) is 0 Å². The molecule has 8 nitrogen and oxygen atoms in total. The normalized spacial score (nSPS) is 13.4. The van der Waals surface area contributed by atoms with Crippen molar-refractivity contribution in [3.63, 3.8) is 0 Å². The Hall–Kier alpha value is -4.43. The highest BCUT2D eigenvalue weighted by molar-refractivity contribution is 6.37. The number of hydrogen-bond acceptors (Lipinski definition) is 6. The molecule has 36 heavy (non-hydrogen) atoms. The molecule has 3 aromatic carbocycles. The fraction of sp³-hybridized carbons (Fsp3) is 0.179. The van der Waals surface area contributed by atoms with Crippen LogP contribution in [-0.2, 0) is 20.9 Å². The van der Waals surface area contributed by atoms with Gasteiger partial charge in [-0.05, 0) is 35.4 Å². The van der Waals surface area contributed by atoms with E-state index in [0.29, 0.717) is 47.7 Å². The lowest BCUT2D eigenvalue weighted by molar-refractivity contribution is -0.119. The molecule has 3 aromatic rings. The van der Waals surface area contributed by atoms with E-state index in [-0.39, 0.29) is 11.8 Å². The molecule has 0 fully saturated rings. The lowest BCUT2D eigenvalue weighted by Gasteiger charge is -2.15. The Labute approximate surface area is 209 Å². The lowest BCUT2D eigenvalue weighted by Crippen LogP contribution is -2.29. The third kappa shape index (κ3) is 5.79. The minimum absolute atomic E-state index is 0.0435. The first-order chi connectivity index (χ1) is 17.5. The number of esters is 1. The van der Waals surface area contributed by atoms with Crippen LogP contribution in [0.2, 0.25) is 0 Å². The summed E-state index contributed by atoms with van der Waals surface area (Å²) in [5, 5.41) is 12.4. The summed E-state index contributed by atoms with van der Waals surface area (Å²) in [5.74, 6) is -0.757. The monoisotopic (exact) mass is 484 g/mol. The van der Waals surface area contributed by atoms with Crippen molar-refractivity contribution >= 4 is 40.4 Å². The van der Waals surface area contributed by atoms with Gasteiger partial charge in [-0.25, -0.2) is 4.79 Å². The Morgan fingerprint density at radius 1 is 0.917 bits per heavy atom. The van der Waals surface area contributed by atoms with Crippen LogP contribution in [0.4, 0.5) is 11.4 Å². The summed E-state index contributed by atoms with van der Waals surface area (Å²) in [5.41, 5.74) is 5.58. The Kier molecular flexibility index (Phi) is 7.77. The second kappa shape index (κ2) is 11.3. The third-order valence-corrected chi connectivity index (χ3v) is 5.73. The molecule has 8 heteroatoms. The summed E-state index contributed by atoms with van der Waals surface area (Å²) < 4.78 is 4.80. The van der Waals surface area contributed by atoms with Gasteiger partial charge in [0.25, 0.3) is 5.91 Å². The second-order valence-electron chi connectivity index (χ2n) is 8.30.